The minimum atomic E-state index is -0.922. The first-order valence-electron chi connectivity index (χ1n) is 18.4. The Morgan fingerprint density at radius 1 is 1.02 bits per heavy atom. The largest absolute Gasteiger partial charge is 0.461 e. The van der Waals surface area contributed by atoms with Gasteiger partial charge in [-0.05, 0) is 55.8 Å². The van der Waals surface area contributed by atoms with Gasteiger partial charge in [0.1, 0.15) is 29.8 Å². The number of benzene rings is 2. The Kier molecular flexibility index (Phi) is 8.49. The summed E-state index contributed by atoms with van der Waals surface area (Å²) in [7, 11) is 0. The number of amides is 1. The van der Waals surface area contributed by atoms with Gasteiger partial charge in [-0.15, -0.1) is 6.42 Å². The molecule has 0 radical (unpaired) electrons. The molecule has 1 spiro atoms. The summed E-state index contributed by atoms with van der Waals surface area (Å²) in [5.41, 5.74) is 1.19. The molecule has 0 bridgehead atoms. The van der Waals surface area contributed by atoms with E-state index in [0.717, 1.165) is 36.2 Å². The van der Waals surface area contributed by atoms with Crippen LogP contribution in [0.15, 0.2) is 72.8 Å². The number of halogens is 3. The maximum Gasteiger partial charge on any atom is 0.319 e. The second-order valence-corrected chi connectivity index (χ2v) is 15.1. The summed E-state index contributed by atoms with van der Waals surface area (Å²) in [6.45, 7) is 3.42. The van der Waals surface area contributed by atoms with E-state index in [0.29, 0.717) is 80.0 Å². The van der Waals surface area contributed by atoms with Crippen molar-refractivity contribution < 1.29 is 22.7 Å². The van der Waals surface area contributed by atoms with Crippen LogP contribution in [0.3, 0.4) is 0 Å². The molecule has 4 aliphatic rings. The van der Waals surface area contributed by atoms with Gasteiger partial charge in [-0.2, -0.15) is 9.97 Å². The highest BCUT2D eigenvalue weighted by Gasteiger charge is 2.50. The van der Waals surface area contributed by atoms with Gasteiger partial charge in [0.2, 0.25) is 0 Å². The number of alkyl halides is 1. The highest BCUT2D eigenvalue weighted by Crippen LogP contribution is 2.46. The van der Waals surface area contributed by atoms with Crippen molar-refractivity contribution in [2.45, 2.75) is 43.8 Å². The predicted octanol–water partition coefficient (Wildman–Crippen LogP) is 6.76. The summed E-state index contributed by atoms with van der Waals surface area (Å²) in [5, 5.41) is 2.03. The fourth-order valence-corrected chi connectivity index (χ4v) is 9.04. The second-order valence-electron chi connectivity index (χ2n) is 15.1. The lowest BCUT2D eigenvalue weighted by Crippen LogP contribution is -2.61. The molecule has 4 aliphatic heterocycles. The van der Waals surface area contributed by atoms with Crippen LogP contribution in [0.5, 0.6) is 6.01 Å². The number of hydrogen-bond acceptors (Lipinski definition) is 8. The number of piperidine rings is 1. The van der Waals surface area contributed by atoms with Crippen LogP contribution in [0.2, 0.25) is 0 Å². The molecule has 2 atom stereocenters. The Hall–Kier alpha value is -5.54. The fraction of sp³-hybridized carbons (Fsp3) is 0.357. The maximum absolute atomic E-state index is 16.9. The number of carbonyl (C=O) groups excluding carboxylic acids is 1. The highest BCUT2D eigenvalue weighted by molar-refractivity contribution is 6.02. The molecule has 4 fully saturated rings. The molecule has 2 aromatic carbocycles. The molecule has 9 rings (SSSR count). The van der Waals surface area contributed by atoms with Gasteiger partial charge in [0, 0.05) is 79.5 Å². The van der Waals surface area contributed by atoms with Crippen LogP contribution in [-0.4, -0.2) is 93.2 Å². The fourth-order valence-electron chi connectivity index (χ4n) is 9.04. The molecule has 1 amide bonds. The Morgan fingerprint density at radius 2 is 1.83 bits per heavy atom. The number of aromatic nitrogens is 4. The van der Waals surface area contributed by atoms with Crippen molar-refractivity contribution in [3.63, 3.8) is 0 Å². The van der Waals surface area contributed by atoms with Crippen molar-refractivity contribution in [1.29, 1.82) is 0 Å². The number of terminal acetylenes is 1. The van der Waals surface area contributed by atoms with Crippen LogP contribution in [0.4, 0.5) is 19.0 Å². The molecular formula is C42H38F3N7O2. The van der Waals surface area contributed by atoms with E-state index in [2.05, 4.69) is 30.7 Å². The van der Waals surface area contributed by atoms with Crippen molar-refractivity contribution in [2.24, 2.45) is 5.41 Å². The van der Waals surface area contributed by atoms with E-state index < -0.39 is 29.3 Å². The summed E-state index contributed by atoms with van der Waals surface area (Å²) in [6, 6.07) is 16.3. The number of pyridine rings is 2. The van der Waals surface area contributed by atoms with Crippen LogP contribution in [0.1, 0.15) is 43.4 Å². The van der Waals surface area contributed by atoms with Crippen molar-refractivity contribution in [3.8, 4) is 29.6 Å². The standard InChI is InChI=1S/C42H38F3N7O2/c1-2-27-8-5-9-28-10-6-12-31(34(27)28)36-35(45)37-32(22-47-36)38(49-40(48-37)54-26-42-13-7-17-52(42)23-29(43)21-42)51-24-41(25-51)14-18-50(19-15-41)39(53)33(44)20-30-11-3-4-16-46-30/h1,3-6,8-12,16,20,22,29H,7,13-15,17-19,21,23-26H2/b33-20-/t29-,42+/m1/s1. The molecule has 4 saturated heterocycles. The molecule has 7 heterocycles. The summed E-state index contributed by atoms with van der Waals surface area (Å²) < 4.78 is 52.7. The smallest absolute Gasteiger partial charge is 0.319 e. The number of nitrogens with zero attached hydrogens (tertiary/aromatic N) is 7. The molecule has 9 nitrogen and oxygen atoms in total. The average molecular weight is 730 g/mol. The summed E-state index contributed by atoms with van der Waals surface area (Å²) in [5.74, 6) is 1.12. The highest BCUT2D eigenvalue weighted by atomic mass is 19.1. The first-order chi connectivity index (χ1) is 26.2. The van der Waals surface area contributed by atoms with Gasteiger partial charge in [0.25, 0.3) is 5.91 Å². The van der Waals surface area contributed by atoms with Crippen molar-refractivity contribution >= 4 is 39.5 Å². The lowest BCUT2D eigenvalue weighted by molar-refractivity contribution is -0.131. The van der Waals surface area contributed by atoms with E-state index in [4.69, 9.17) is 16.1 Å². The Bertz CT molecular complexity index is 2340. The lowest BCUT2D eigenvalue weighted by Gasteiger charge is -2.54. The van der Waals surface area contributed by atoms with E-state index in [1.807, 2.05) is 30.3 Å². The first-order valence-corrected chi connectivity index (χ1v) is 18.4. The predicted molar refractivity (Wildman–Crippen MR) is 200 cm³/mol. The minimum absolute atomic E-state index is 0.0239. The van der Waals surface area contributed by atoms with Crippen molar-refractivity contribution in [2.75, 3.05) is 50.8 Å². The number of ether oxygens (including phenoxy) is 1. The summed E-state index contributed by atoms with van der Waals surface area (Å²) >= 11 is 0. The zero-order valence-electron chi connectivity index (χ0n) is 29.6. The Labute approximate surface area is 310 Å². The maximum atomic E-state index is 16.9. The van der Waals surface area contributed by atoms with Gasteiger partial charge in [-0.25, -0.2) is 13.2 Å². The Morgan fingerprint density at radius 3 is 2.61 bits per heavy atom. The molecule has 3 aromatic heterocycles. The Balaban J connectivity index is 1.02. The third kappa shape index (κ3) is 5.91. The van der Waals surface area contributed by atoms with Crippen LogP contribution < -0.4 is 9.64 Å². The van der Waals surface area contributed by atoms with E-state index in [9.17, 15) is 13.6 Å². The summed E-state index contributed by atoms with van der Waals surface area (Å²) in [4.78, 5) is 36.9. The van der Waals surface area contributed by atoms with Gasteiger partial charge in [0.15, 0.2) is 11.6 Å². The molecule has 0 unspecified atom stereocenters. The molecule has 0 aliphatic carbocycles. The third-order valence-corrected chi connectivity index (χ3v) is 11.8. The molecule has 274 valence electrons. The van der Waals surface area contributed by atoms with Crippen molar-refractivity contribution in [3.05, 3.63) is 89.9 Å². The van der Waals surface area contributed by atoms with Gasteiger partial charge < -0.3 is 14.5 Å². The number of rotatable bonds is 7. The quantitative estimate of drug-likeness (QED) is 0.134. The number of hydrogen-bond donors (Lipinski definition) is 0. The third-order valence-electron chi connectivity index (χ3n) is 11.8. The van der Waals surface area contributed by atoms with Crippen LogP contribution in [0.25, 0.3) is 39.0 Å². The zero-order valence-corrected chi connectivity index (χ0v) is 29.6. The van der Waals surface area contributed by atoms with Gasteiger partial charge in [0.05, 0.1) is 16.6 Å². The topological polar surface area (TPSA) is 87.6 Å². The van der Waals surface area contributed by atoms with Gasteiger partial charge in [-0.1, -0.05) is 42.3 Å². The second kappa shape index (κ2) is 13.4. The monoisotopic (exact) mass is 729 g/mol. The van der Waals surface area contributed by atoms with Crippen LogP contribution in [-0.2, 0) is 4.79 Å². The average Bonchev–Trinajstić information content (AvgIpc) is 3.71. The molecule has 12 heteroatoms. The van der Waals surface area contributed by atoms with E-state index >= 15 is 4.39 Å². The SMILES string of the molecule is C#Cc1cccc2cccc(-c3ncc4c(N5CC6(CCN(C(=O)/C(F)=C/c7ccccn7)CC6)C5)nc(OC[C@@]56CCCN5C[C@H](F)C6)nc4c3F)c12. The van der Waals surface area contributed by atoms with E-state index in [1.165, 1.54) is 0 Å². The van der Waals surface area contributed by atoms with Crippen LogP contribution >= 0.6 is 0 Å². The minimum Gasteiger partial charge on any atom is -0.461 e. The lowest BCUT2D eigenvalue weighted by atomic mass is 9.72. The molecule has 54 heavy (non-hydrogen) atoms. The molecular weight excluding hydrogens is 692 g/mol. The summed E-state index contributed by atoms with van der Waals surface area (Å²) in [6.07, 6.45) is 12.8. The zero-order chi connectivity index (χ0) is 37.0. The van der Waals surface area contributed by atoms with E-state index in [1.54, 1.807) is 41.6 Å². The number of fused-ring (bicyclic) bond motifs is 3. The first kappa shape index (κ1) is 34.2. The normalized spacial score (nSPS) is 22.4. The van der Waals surface area contributed by atoms with Gasteiger partial charge in [-0.3, -0.25) is 19.7 Å². The van der Waals surface area contributed by atoms with Gasteiger partial charge >= 0.3 is 6.01 Å². The molecule has 0 N–H and O–H groups in total. The number of anilines is 1. The van der Waals surface area contributed by atoms with Crippen molar-refractivity contribution in [1.82, 2.24) is 29.7 Å². The number of carbonyl (C=O) groups is 1. The van der Waals surface area contributed by atoms with Crippen LogP contribution in [0, 0.1) is 23.6 Å². The molecule has 5 aromatic rings. The van der Waals surface area contributed by atoms with E-state index in [-0.39, 0.29) is 29.2 Å². The molecule has 0 saturated carbocycles. The number of likely N-dealkylation sites (tertiary alicyclic amines) is 1.